The van der Waals surface area contributed by atoms with Gasteiger partial charge in [0.2, 0.25) is 21.7 Å². The Hall–Kier alpha value is -2.03. The number of aryl methyl sites for hydroxylation is 1. The topological polar surface area (TPSA) is 85.1 Å². The van der Waals surface area contributed by atoms with E-state index in [2.05, 4.69) is 30.8 Å². The minimum absolute atomic E-state index is 0.0722. The number of nitrogens with one attached hydrogen (secondary N) is 1. The number of hydrogen-bond donors (Lipinski definition) is 1. The molecule has 6 nitrogen and oxygen atoms in total. The zero-order valence-corrected chi connectivity index (χ0v) is 15.1. The van der Waals surface area contributed by atoms with Gasteiger partial charge in [-0.1, -0.05) is 44.8 Å². The monoisotopic (exact) mass is 407 g/mol. The number of rotatable bonds is 5. The van der Waals surface area contributed by atoms with Crippen LogP contribution in [-0.2, 0) is 16.6 Å². The van der Waals surface area contributed by atoms with Crippen LogP contribution in [0.2, 0.25) is 0 Å². The van der Waals surface area contributed by atoms with E-state index >= 15 is 0 Å². The van der Waals surface area contributed by atoms with Gasteiger partial charge in [-0.2, -0.15) is 4.98 Å². The van der Waals surface area contributed by atoms with E-state index in [0.717, 1.165) is 15.6 Å². The molecular weight excluding hydrogens is 394 g/mol. The number of nitrogens with zero attached hydrogens (tertiary/aromatic N) is 2. The molecule has 8 heteroatoms. The first-order chi connectivity index (χ1) is 11.4. The summed E-state index contributed by atoms with van der Waals surface area (Å²) in [6.07, 6.45) is 0. The minimum Gasteiger partial charge on any atom is -0.338 e. The molecule has 2 aromatic carbocycles. The van der Waals surface area contributed by atoms with Crippen LogP contribution in [-0.4, -0.2) is 18.6 Å². The zero-order chi connectivity index (χ0) is 17.2. The molecule has 0 fully saturated rings. The average molecular weight is 408 g/mol. The van der Waals surface area contributed by atoms with Crippen molar-refractivity contribution in [3.05, 3.63) is 64.5 Å². The molecule has 0 saturated carbocycles. The van der Waals surface area contributed by atoms with Crippen molar-refractivity contribution in [1.29, 1.82) is 0 Å². The number of hydrogen-bond acceptors (Lipinski definition) is 5. The van der Waals surface area contributed by atoms with E-state index in [-0.39, 0.29) is 17.3 Å². The quantitative estimate of drug-likeness (QED) is 0.701. The highest BCUT2D eigenvalue weighted by Gasteiger charge is 2.16. The lowest BCUT2D eigenvalue weighted by molar-refractivity contribution is 0.376. The Morgan fingerprint density at radius 3 is 2.62 bits per heavy atom. The fourth-order valence-electron chi connectivity index (χ4n) is 2.08. The van der Waals surface area contributed by atoms with Gasteiger partial charge in [0, 0.05) is 10.0 Å². The second-order valence-corrected chi connectivity index (χ2v) is 7.84. The van der Waals surface area contributed by atoms with Crippen molar-refractivity contribution in [2.24, 2.45) is 0 Å². The van der Waals surface area contributed by atoms with Crippen LogP contribution < -0.4 is 4.72 Å². The highest BCUT2D eigenvalue weighted by atomic mass is 79.9. The summed E-state index contributed by atoms with van der Waals surface area (Å²) in [5.74, 6) is 0.628. The van der Waals surface area contributed by atoms with Crippen molar-refractivity contribution < 1.29 is 12.9 Å². The Morgan fingerprint density at radius 2 is 1.92 bits per heavy atom. The third-order valence-corrected chi connectivity index (χ3v) is 5.23. The van der Waals surface area contributed by atoms with Crippen molar-refractivity contribution in [2.75, 3.05) is 0 Å². The number of halogens is 1. The van der Waals surface area contributed by atoms with Gasteiger partial charge in [-0.15, -0.1) is 0 Å². The largest absolute Gasteiger partial charge is 0.338 e. The van der Waals surface area contributed by atoms with E-state index in [9.17, 15) is 8.42 Å². The molecule has 124 valence electrons. The molecule has 3 rings (SSSR count). The predicted octanol–water partition coefficient (Wildman–Crippen LogP) is 3.29. The SMILES string of the molecule is Cc1cccc(-c2noc(CNS(=O)(=O)c3ccc(Br)cc3)n2)c1. The molecule has 0 radical (unpaired) electrons. The van der Waals surface area contributed by atoms with Crippen molar-refractivity contribution in [1.82, 2.24) is 14.9 Å². The number of sulfonamides is 1. The lowest BCUT2D eigenvalue weighted by Gasteiger charge is -2.04. The third kappa shape index (κ3) is 3.89. The molecule has 1 heterocycles. The van der Waals surface area contributed by atoms with E-state index in [1.165, 1.54) is 12.1 Å². The summed E-state index contributed by atoms with van der Waals surface area (Å²) in [7, 11) is -3.64. The molecule has 1 N–H and O–H groups in total. The zero-order valence-electron chi connectivity index (χ0n) is 12.7. The Morgan fingerprint density at radius 1 is 1.17 bits per heavy atom. The van der Waals surface area contributed by atoms with Gasteiger partial charge in [-0.25, -0.2) is 13.1 Å². The number of benzene rings is 2. The first kappa shape index (κ1) is 16.8. The molecule has 24 heavy (non-hydrogen) atoms. The summed E-state index contributed by atoms with van der Waals surface area (Å²) in [6.45, 7) is 1.90. The normalized spacial score (nSPS) is 11.6. The Balaban J connectivity index is 1.72. The summed E-state index contributed by atoms with van der Waals surface area (Å²) in [6, 6.07) is 14.0. The van der Waals surface area contributed by atoms with E-state index in [1.807, 2.05) is 31.2 Å². The third-order valence-electron chi connectivity index (χ3n) is 3.28. The molecule has 0 saturated heterocycles. The maximum atomic E-state index is 12.2. The maximum absolute atomic E-state index is 12.2. The van der Waals surface area contributed by atoms with Crippen LogP contribution in [0.5, 0.6) is 0 Å². The fourth-order valence-corrected chi connectivity index (χ4v) is 3.32. The van der Waals surface area contributed by atoms with Gasteiger partial charge in [0.1, 0.15) is 0 Å². The van der Waals surface area contributed by atoms with Crippen molar-refractivity contribution >= 4 is 26.0 Å². The molecule has 0 amide bonds. The van der Waals surface area contributed by atoms with Crippen LogP contribution in [0.25, 0.3) is 11.4 Å². The molecule has 0 aliphatic heterocycles. The van der Waals surface area contributed by atoms with E-state index in [4.69, 9.17) is 4.52 Å². The van der Waals surface area contributed by atoms with Crippen LogP contribution in [0.4, 0.5) is 0 Å². The molecular formula is C16H14BrN3O3S. The second kappa shape index (κ2) is 6.84. The molecule has 0 atom stereocenters. The predicted molar refractivity (Wildman–Crippen MR) is 92.6 cm³/mol. The lowest BCUT2D eigenvalue weighted by Crippen LogP contribution is -2.23. The molecule has 0 bridgehead atoms. The maximum Gasteiger partial charge on any atom is 0.242 e. The van der Waals surface area contributed by atoms with Crippen LogP contribution in [0, 0.1) is 6.92 Å². The van der Waals surface area contributed by atoms with Gasteiger partial charge in [-0.05, 0) is 37.3 Å². The van der Waals surface area contributed by atoms with Crippen molar-refractivity contribution in [3.8, 4) is 11.4 Å². The second-order valence-electron chi connectivity index (χ2n) is 5.16. The van der Waals surface area contributed by atoms with Gasteiger partial charge in [-0.3, -0.25) is 0 Å². The highest BCUT2D eigenvalue weighted by molar-refractivity contribution is 9.10. The van der Waals surface area contributed by atoms with E-state index in [1.54, 1.807) is 12.1 Å². The van der Waals surface area contributed by atoms with Crippen LogP contribution in [0.1, 0.15) is 11.5 Å². The number of aromatic nitrogens is 2. The molecule has 1 aromatic heterocycles. The van der Waals surface area contributed by atoms with Gasteiger partial charge in [0.15, 0.2) is 0 Å². The minimum atomic E-state index is -3.64. The standard InChI is InChI=1S/C16H14BrN3O3S/c1-11-3-2-4-12(9-11)16-19-15(23-20-16)10-18-24(21,22)14-7-5-13(17)6-8-14/h2-9,18H,10H2,1H3. The molecule has 0 aliphatic carbocycles. The van der Waals surface area contributed by atoms with E-state index in [0.29, 0.717) is 5.82 Å². The smallest absolute Gasteiger partial charge is 0.242 e. The summed E-state index contributed by atoms with van der Waals surface area (Å²) < 4.78 is 32.8. The van der Waals surface area contributed by atoms with Crippen LogP contribution >= 0.6 is 15.9 Å². The first-order valence-electron chi connectivity index (χ1n) is 7.09. The summed E-state index contributed by atoms with van der Waals surface area (Å²) >= 11 is 3.27. The van der Waals surface area contributed by atoms with Crippen molar-refractivity contribution in [2.45, 2.75) is 18.4 Å². The summed E-state index contributed by atoms with van der Waals surface area (Å²) in [5.41, 5.74) is 1.90. The van der Waals surface area contributed by atoms with Gasteiger partial charge in [0.05, 0.1) is 11.4 Å². The lowest BCUT2D eigenvalue weighted by atomic mass is 10.1. The van der Waals surface area contributed by atoms with Gasteiger partial charge in [0.25, 0.3) is 0 Å². The van der Waals surface area contributed by atoms with Crippen LogP contribution in [0.15, 0.2) is 62.4 Å². The van der Waals surface area contributed by atoms with Gasteiger partial charge < -0.3 is 4.52 Å². The molecule has 0 aliphatic rings. The van der Waals surface area contributed by atoms with Gasteiger partial charge >= 0.3 is 0 Å². The Kier molecular flexibility index (Phi) is 4.79. The molecule has 0 unspecified atom stereocenters. The Labute approximate surface area is 148 Å². The summed E-state index contributed by atoms with van der Waals surface area (Å²) in [4.78, 5) is 4.39. The summed E-state index contributed by atoms with van der Waals surface area (Å²) in [5, 5.41) is 3.89. The molecule has 3 aromatic rings. The molecule has 0 spiro atoms. The van der Waals surface area contributed by atoms with E-state index < -0.39 is 10.0 Å². The fraction of sp³-hybridized carbons (Fsp3) is 0.125. The average Bonchev–Trinajstić information content (AvgIpc) is 3.03. The Bertz CT molecular complexity index is 953. The van der Waals surface area contributed by atoms with Crippen LogP contribution in [0.3, 0.4) is 0 Å². The highest BCUT2D eigenvalue weighted by Crippen LogP contribution is 2.18. The van der Waals surface area contributed by atoms with Crippen molar-refractivity contribution in [3.63, 3.8) is 0 Å². The first-order valence-corrected chi connectivity index (χ1v) is 9.36.